The molecule has 0 saturated carbocycles. The number of nitrogens with zero attached hydrogens (tertiary/aromatic N) is 3. The van der Waals surface area contributed by atoms with Crippen LogP contribution >= 0.6 is 0 Å². The predicted molar refractivity (Wildman–Crippen MR) is 74.9 cm³/mol. The first-order valence-corrected chi connectivity index (χ1v) is 6.90. The van der Waals surface area contributed by atoms with Crippen LogP contribution in [0.5, 0.6) is 0 Å². The van der Waals surface area contributed by atoms with Crippen LogP contribution in [-0.4, -0.2) is 29.6 Å². The molecule has 18 heavy (non-hydrogen) atoms. The average molecular weight is 248 g/mol. The molecule has 1 atom stereocenters. The monoisotopic (exact) mass is 248 g/mol. The lowest BCUT2D eigenvalue weighted by Gasteiger charge is -2.26. The second kappa shape index (κ2) is 5.65. The van der Waals surface area contributed by atoms with Crippen LogP contribution in [-0.2, 0) is 6.54 Å². The van der Waals surface area contributed by atoms with Gasteiger partial charge in [0.05, 0.1) is 17.6 Å². The molecule has 1 N–H and O–H groups in total. The van der Waals surface area contributed by atoms with Crippen LogP contribution in [0.1, 0.15) is 51.0 Å². The van der Waals surface area contributed by atoms with Gasteiger partial charge in [-0.25, -0.2) is 9.97 Å². The molecule has 0 aliphatic carbocycles. The normalized spacial score (nSPS) is 19.8. The molecule has 1 fully saturated rings. The van der Waals surface area contributed by atoms with Crippen molar-refractivity contribution in [1.82, 2.24) is 15.3 Å². The van der Waals surface area contributed by atoms with Crippen molar-refractivity contribution in [3.8, 4) is 0 Å². The van der Waals surface area contributed by atoms with Crippen LogP contribution in [0.15, 0.2) is 6.20 Å². The van der Waals surface area contributed by atoms with Crippen molar-refractivity contribution in [2.45, 2.75) is 52.1 Å². The average Bonchev–Trinajstić information content (AvgIpc) is 2.75. The fraction of sp³-hybridized carbons (Fsp3) is 0.714. The van der Waals surface area contributed by atoms with Crippen LogP contribution < -0.4 is 10.2 Å². The molecule has 1 aromatic heterocycles. The summed E-state index contributed by atoms with van der Waals surface area (Å²) in [6.07, 6.45) is 4.55. The van der Waals surface area contributed by atoms with Gasteiger partial charge in [-0.15, -0.1) is 0 Å². The molecule has 4 heteroatoms. The van der Waals surface area contributed by atoms with Crippen molar-refractivity contribution < 1.29 is 0 Å². The van der Waals surface area contributed by atoms with Gasteiger partial charge in [-0.2, -0.15) is 0 Å². The fourth-order valence-corrected chi connectivity index (χ4v) is 2.53. The van der Waals surface area contributed by atoms with E-state index >= 15 is 0 Å². The highest BCUT2D eigenvalue weighted by atomic mass is 15.2. The van der Waals surface area contributed by atoms with Crippen LogP contribution in [0.2, 0.25) is 0 Å². The molecular weight excluding hydrogens is 224 g/mol. The van der Waals surface area contributed by atoms with E-state index in [9.17, 15) is 0 Å². The molecule has 2 heterocycles. The Morgan fingerprint density at radius 3 is 2.83 bits per heavy atom. The maximum atomic E-state index is 4.73. The summed E-state index contributed by atoms with van der Waals surface area (Å²) in [5, 5.41) is 3.21. The van der Waals surface area contributed by atoms with Crippen molar-refractivity contribution >= 4 is 5.69 Å². The zero-order chi connectivity index (χ0) is 13.1. The third-order valence-electron chi connectivity index (χ3n) is 3.59. The van der Waals surface area contributed by atoms with Gasteiger partial charge >= 0.3 is 0 Å². The first-order chi connectivity index (χ1) is 8.63. The van der Waals surface area contributed by atoms with E-state index in [1.807, 2.05) is 13.2 Å². The highest BCUT2D eigenvalue weighted by molar-refractivity contribution is 5.51. The van der Waals surface area contributed by atoms with Gasteiger partial charge in [0.25, 0.3) is 0 Å². The van der Waals surface area contributed by atoms with Crippen LogP contribution in [0.25, 0.3) is 0 Å². The molecule has 1 aromatic rings. The van der Waals surface area contributed by atoms with Crippen molar-refractivity contribution in [2.24, 2.45) is 0 Å². The van der Waals surface area contributed by atoms with Crippen molar-refractivity contribution in [3.63, 3.8) is 0 Å². The lowest BCUT2D eigenvalue weighted by Crippen LogP contribution is -2.29. The van der Waals surface area contributed by atoms with E-state index in [0.717, 1.165) is 24.6 Å². The molecule has 1 saturated heterocycles. The molecule has 1 unspecified atom stereocenters. The highest BCUT2D eigenvalue weighted by Crippen LogP contribution is 2.27. The summed E-state index contributed by atoms with van der Waals surface area (Å²) in [7, 11) is 1.97. The van der Waals surface area contributed by atoms with Gasteiger partial charge in [-0.05, 0) is 26.8 Å². The number of anilines is 1. The minimum Gasteiger partial charge on any atom is -0.366 e. The SMILES string of the molecule is CNCc1nc(C(C)C)ncc1N1CCCC1C. The Morgan fingerprint density at radius 2 is 2.28 bits per heavy atom. The van der Waals surface area contributed by atoms with Gasteiger partial charge in [0, 0.05) is 25.0 Å². The first-order valence-electron chi connectivity index (χ1n) is 6.90. The van der Waals surface area contributed by atoms with Gasteiger partial charge < -0.3 is 10.2 Å². The number of hydrogen-bond donors (Lipinski definition) is 1. The molecule has 0 spiro atoms. The van der Waals surface area contributed by atoms with E-state index in [-0.39, 0.29) is 0 Å². The smallest absolute Gasteiger partial charge is 0.131 e. The minimum atomic E-state index is 0.380. The summed E-state index contributed by atoms with van der Waals surface area (Å²) in [6.45, 7) is 8.49. The number of aromatic nitrogens is 2. The summed E-state index contributed by atoms with van der Waals surface area (Å²) >= 11 is 0. The maximum Gasteiger partial charge on any atom is 0.131 e. The summed E-state index contributed by atoms with van der Waals surface area (Å²) in [4.78, 5) is 11.7. The van der Waals surface area contributed by atoms with Gasteiger partial charge in [0.2, 0.25) is 0 Å². The Morgan fingerprint density at radius 1 is 1.50 bits per heavy atom. The summed E-state index contributed by atoms with van der Waals surface area (Å²) in [6, 6.07) is 0.606. The van der Waals surface area contributed by atoms with Crippen LogP contribution in [0, 0.1) is 0 Å². The molecule has 0 radical (unpaired) electrons. The summed E-state index contributed by atoms with van der Waals surface area (Å²) in [5.74, 6) is 1.32. The van der Waals surface area contributed by atoms with Crippen molar-refractivity contribution in [1.29, 1.82) is 0 Å². The Bertz CT molecular complexity index is 403. The van der Waals surface area contributed by atoms with Crippen molar-refractivity contribution in [2.75, 3.05) is 18.5 Å². The van der Waals surface area contributed by atoms with Crippen LogP contribution in [0.3, 0.4) is 0 Å². The highest BCUT2D eigenvalue weighted by Gasteiger charge is 2.23. The zero-order valence-corrected chi connectivity index (χ0v) is 11.9. The lowest BCUT2D eigenvalue weighted by atomic mass is 10.2. The standard InChI is InChI=1S/C14H24N4/c1-10(2)14-16-9-13(12(17-14)8-15-4)18-7-5-6-11(18)3/h9-11,15H,5-8H2,1-4H3. The molecule has 2 rings (SSSR count). The maximum absolute atomic E-state index is 4.73. The van der Waals surface area contributed by atoms with E-state index < -0.39 is 0 Å². The predicted octanol–water partition coefficient (Wildman–Crippen LogP) is 2.31. The molecule has 100 valence electrons. The Kier molecular flexibility index (Phi) is 4.17. The van der Waals surface area contributed by atoms with Crippen LogP contribution in [0.4, 0.5) is 5.69 Å². The second-order valence-corrected chi connectivity index (χ2v) is 5.43. The van der Waals surface area contributed by atoms with E-state index in [2.05, 4.69) is 36.0 Å². The van der Waals surface area contributed by atoms with E-state index in [0.29, 0.717) is 12.0 Å². The first kappa shape index (κ1) is 13.3. The quantitative estimate of drug-likeness (QED) is 0.887. The molecular formula is C14H24N4. The van der Waals surface area contributed by atoms with Gasteiger partial charge in [0.1, 0.15) is 5.82 Å². The Hall–Kier alpha value is -1.16. The summed E-state index contributed by atoms with van der Waals surface area (Å²) < 4.78 is 0. The lowest BCUT2D eigenvalue weighted by molar-refractivity contribution is 0.695. The number of hydrogen-bond acceptors (Lipinski definition) is 4. The number of rotatable bonds is 4. The molecule has 1 aliphatic rings. The largest absolute Gasteiger partial charge is 0.366 e. The minimum absolute atomic E-state index is 0.380. The van der Waals surface area contributed by atoms with Crippen molar-refractivity contribution in [3.05, 3.63) is 17.7 Å². The van der Waals surface area contributed by atoms with E-state index in [1.54, 1.807) is 0 Å². The summed E-state index contributed by atoms with van der Waals surface area (Å²) in [5.41, 5.74) is 2.34. The molecule has 0 amide bonds. The molecule has 4 nitrogen and oxygen atoms in total. The Labute approximate surface area is 110 Å². The third kappa shape index (κ3) is 2.64. The molecule has 0 bridgehead atoms. The third-order valence-corrected chi connectivity index (χ3v) is 3.59. The molecule has 1 aliphatic heterocycles. The molecule has 0 aromatic carbocycles. The Balaban J connectivity index is 2.33. The number of nitrogens with one attached hydrogen (secondary N) is 1. The second-order valence-electron chi connectivity index (χ2n) is 5.43. The van der Waals surface area contributed by atoms with Gasteiger partial charge in [0.15, 0.2) is 0 Å². The van der Waals surface area contributed by atoms with Gasteiger partial charge in [-0.1, -0.05) is 13.8 Å². The van der Waals surface area contributed by atoms with E-state index in [4.69, 9.17) is 4.98 Å². The topological polar surface area (TPSA) is 41.1 Å². The van der Waals surface area contributed by atoms with Gasteiger partial charge in [-0.3, -0.25) is 0 Å². The zero-order valence-electron chi connectivity index (χ0n) is 11.9. The van der Waals surface area contributed by atoms with E-state index in [1.165, 1.54) is 18.5 Å². The fourth-order valence-electron chi connectivity index (χ4n) is 2.53.